The third-order valence-corrected chi connectivity index (χ3v) is 6.08. The predicted molar refractivity (Wildman–Crippen MR) is 126 cm³/mol. The number of carbonyl (C=O) groups excluding carboxylic acids is 1. The zero-order valence-corrected chi connectivity index (χ0v) is 19.9. The molecule has 31 heavy (non-hydrogen) atoms. The van der Waals surface area contributed by atoms with Gasteiger partial charge < -0.3 is 15.0 Å². The van der Waals surface area contributed by atoms with Gasteiger partial charge in [0.2, 0.25) is 0 Å². The minimum absolute atomic E-state index is 0.190. The number of rotatable bonds is 5. The predicted octanol–water partition coefficient (Wildman–Crippen LogP) is 5.41. The van der Waals surface area contributed by atoms with E-state index in [0.717, 1.165) is 44.7 Å². The van der Waals surface area contributed by atoms with Crippen LogP contribution in [0.3, 0.4) is 0 Å². The van der Waals surface area contributed by atoms with Crippen molar-refractivity contribution < 1.29 is 9.53 Å². The van der Waals surface area contributed by atoms with Crippen LogP contribution >= 0.6 is 0 Å². The molecule has 1 saturated heterocycles. The van der Waals surface area contributed by atoms with Crippen molar-refractivity contribution in [2.45, 2.75) is 66.5 Å². The van der Waals surface area contributed by atoms with Gasteiger partial charge in [-0.3, -0.25) is 4.98 Å². The van der Waals surface area contributed by atoms with E-state index in [1.807, 2.05) is 31.9 Å². The van der Waals surface area contributed by atoms with E-state index in [-0.39, 0.29) is 6.09 Å². The van der Waals surface area contributed by atoms with Crippen molar-refractivity contribution in [3.63, 3.8) is 0 Å². The van der Waals surface area contributed by atoms with Crippen LogP contribution in [-0.4, -0.2) is 41.2 Å². The second-order valence-electron chi connectivity index (χ2n) is 9.83. The third-order valence-electron chi connectivity index (χ3n) is 6.08. The molecular formula is C26H37N3O2. The monoisotopic (exact) mass is 423 g/mol. The molecule has 1 amide bonds. The molecule has 1 aliphatic heterocycles. The lowest BCUT2D eigenvalue weighted by atomic mass is 9.97. The fraction of sp³-hybridized carbons (Fsp3) is 0.538. The molecule has 1 aromatic heterocycles. The molecule has 0 spiro atoms. The summed E-state index contributed by atoms with van der Waals surface area (Å²) in [6, 6.07) is 8.71. The largest absolute Gasteiger partial charge is 0.444 e. The highest BCUT2D eigenvalue weighted by Crippen LogP contribution is 2.24. The van der Waals surface area contributed by atoms with Crippen molar-refractivity contribution in [1.29, 1.82) is 0 Å². The van der Waals surface area contributed by atoms with Gasteiger partial charge in [0.1, 0.15) is 5.60 Å². The Labute approximate surface area is 187 Å². The zero-order valence-electron chi connectivity index (χ0n) is 19.9. The van der Waals surface area contributed by atoms with Gasteiger partial charge in [0.15, 0.2) is 0 Å². The van der Waals surface area contributed by atoms with Crippen molar-refractivity contribution in [1.82, 2.24) is 15.2 Å². The molecule has 5 nitrogen and oxygen atoms in total. The van der Waals surface area contributed by atoms with Gasteiger partial charge in [0.05, 0.1) is 5.69 Å². The lowest BCUT2D eigenvalue weighted by Gasteiger charge is -2.33. The molecule has 0 radical (unpaired) electrons. The van der Waals surface area contributed by atoms with Crippen LogP contribution in [-0.2, 0) is 11.3 Å². The molecule has 1 aliphatic rings. The van der Waals surface area contributed by atoms with Crippen LogP contribution in [0.2, 0.25) is 0 Å². The number of piperidine rings is 1. The van der Waals surface area contributed by atoms with Crippen molar-refractivity contribution in [3.8, 4) is 11.3 Å². The smallest absolute Gasteiger partial charge is 0.410 e. The summed E-state index contributed by atoms with van der Waals surface area (Å²) < 4.78 is 5.49. The summed E-state index contributed by atoms with van der Waals surface area (Å²) in [5.41, 5.74) is 6.96. The highest BCUT2D eigenvalue weighted by Gasteiger charge is 2.26. The van der Waals surface area contributed by atoms with Crippen molar-refractivity contribution in [2.75, 3.05) is 19.6 Å². The summed E-state index contributed by atoms with van der Waals surface area (Å²) in [5, 5.41) is 3.60. The van der Waals surface area contributed by atoms with Crippen LogP contribution in [0, 0.1) is 26.7 Å². The minimum atomic E-state index is -0.436. The SMILES string of the molecule is Cc1cc(-c2cc(CNCC3CCN(C(=O)OC(C)(C)C)CC3)ccn2)cc(C)c1C. The Kier molecular flexibility index (Phi) is 7.37. The van der Waals surface area contributed by atoms with Gasteiger partial charge in [-0.2, -0.15) is 0 Å². The summed E-state index contributed by atoms with van der Waals surface area (Å²) in [7, 11) is 0. The number of hydrogen-bond donors (Lipinski definition) is 1. The molecule has 0 aliphatic carbocycles. The van der Waals surface area contributed by atoms with E-state index >= 15 is 0 Å². The number of carbonyl (C=O) groups is 1. The van der Waals surface area contributed by atoms with E-state index in [9.17, 15) is 4.79 Å². The Morgan fingerprint density at radius 3 is 2.39 bits per heavy atom. The molecule has 1 aromatic carbocycles. The summed E-state index contributed by atoms with van der Waals surface area (Å²) in [6.07, 6.45) is 3.73. The van der Waals surface area contributed by atoms with Crippen molar-refractivity contribution in [3.05, 3.63) is 52.7 Å². The van der Waals surface area contributed by atoms with E-state index in [0.29, 0.717) is 5.92 Å². The highest BCUT2D eigenvalue weighted by atomic mass is 16.6. The Morgan fingerprint density at radius 1 is 1.13 bits per heavy atom. The number of ether oxygens (including phenoxy) is 1. The molecule has 168 valence electrons. The summed E-state index contributed by atoms with van der Waals surface area (Å²) in [5.74, 6) is 0.586. The van der Waals surface area contributed by atoms with Gasteiger partial charge in [-0.05, 0) is 113 Å². The van der Waals surface area contributed by atoms with E-state index < -0.39 is 5.60 Å². The van der Waals surface area contributed by atoms with Crippen LogP contribution < -0.4 is 5.32 Å². The minimum Gasteiger partial charge on any atom is -0.444 e. The Balaban J connectivity index is 1.49. The summed E-state index contributed by atoms with van der Waals surface area (Å²) >= 11 is 0. The first-order chi connectivity index (χ1) is 14.6. The average Bonchev–Trinajstić information content (AvgIpc) is 2.71. The van der Waals surface area contributed by atoms with Crippen molar-refractivity contribution >= 4 is 6.09 Å². The zero-order chi connectivity index (χ0) is 22.6. The molecule has 0 bridgehead atoms. The van der Waals surface area contributed by atoms with Crippen LogP contribution in [0.1, 0.15) is 55.9 Å². The number of nitrogens with zero attached hydrogens (tertiary/aromatic N) is 2. The highest BCUT2D eigenvalue weighted by molar-refractivity contribution is 5.68. The van der Waals surface area contributed by atoms with Gasteiger partial charge in [0.25, 0.3) is 0 Å². The van der Waals surface area contributed by atoms with Gasteiger partial charge >= 0.3 is 6.09 Å². The Morgan fingerprint density at radius 2 is 1.77 bits per heavy atom. The van der Waals surface area contributed by atoms with E-state index in [1.165, 1.54) is 27.8 Å². The molecule has 2 aromatic rings. The summed E-state index contributed by atoms with van der Waals surface area (Å²) in [6.45, 7) is 15.5. The molecule has 5 heteroatoms. The number of aromatic nitrogens is 1. The lowest BCUT2D eigenvalue weighted by Crippen LogP contribution is -2.43. The fourth-order valence-corrected chi connectivity index (χ4v) is 3.99. The number of benzene rings is 1. The van der Waals surface area contributed by atoms with E-state index in [1.54, 1.807) is 0 Å². The standard InChI is InChI=1S/C26H37N3O2/c1-18-13-23(14-19(2)20(18)3)24-15-22(7-10-28-24)17-27-16-21-8-11-29(12-9-21)25(30)31-26(4,5)6/h7,10,13-15,21,27H,8-9,11-12,16-17H2,1-6H3. The number of pyridine rings is 1. The molecule has 0 atom stereocenters. The van der Waals surface area contributed by atoms with Crippen molar-refractivity contribution in [2.24, 2.45) is 5.92 Å². The molecule has 1 N–H and O–H groups in total. The van der Waals surface area contributed by atoms with Gasteiger partial charge in [-0.25, -0.2) is 4.79 Å². The Bertz CT molecular complexity index is 886. The second kappa shape index (κ2) is 9.82. The maximum Gasteiger partial charge on any atom is 0.410 e. The Hall–Kier alpha value is -2.40. The summed E-state index contributed by atoms with van der Waals surface area (Å²) in [4.78, 5) is 18.6. The average molecular weight is 424 g/mol. The third kappa shape index (κ3) is 6.54. The van der Waals surface area contributed by atoms with Gasteiger partial charge in [-0.1, -0.05) is 0 Å². The van der Waals surface area contributed by atoms with Crippen LogP contribution in [0.25, 0.3) is 11.3 Å². The lowest BCUT2D eigenvalue weighted by molar-refractivity contribution is 0.0184. The normalized spacial score (nSPS) is 15.2. The quantitative estimate of drug-likeness (QED) is 0.698. The number of amides is 1. The maximum atomic E-state index is 12.2. The number of aryl methyl sites for hydroxylation is 2. The number of hydrogen-bond acceptors (Lipinski definition) is 4. The fourth-order valence-electron chi connectivity index (χ4n) is 3.99. The second-order valence-corrected chi connectivity index (χ2v) is 9.83. The molecular weight excluding hydrogens is 386 g/mol. The first kappa shape index (κ1) is 23.3. The van der Waals surface area contributed by atoms with E-state index in [2.05, 4.69) is 55.3 Å². The van der Waals surface area contributed by atoms with Gasteiger partial charge in [0, 0.05) is 31.4 Å². The molecule has 3 rings (SSSR count). The first-order valence-electron chi connectivity index (χ1n) is 11.3. The van der Waals surface area contributed by atoms with E-state index in [4.69, 9.17) is 4.74 Å². The van der Waals surface area contributed by atoms with Crippen LogP contribution in [0.4, 0.5) is 4.79 Å². The first-order valence-corrected chi connectivity index (χ1v) is 11.3. The van der Waals surface area contributed by atoms with Gasteiger partial charge in [-0.15, -0.1) is 0 Å². The topological polar surface area (TPSA) is 54.5 Å². The van der Waals surface area contributed by atoms with Crippen LogP contribution in [0.15, 0.2) is 30.5 Å². The number of nitrogens with one attached hydrogen (secondary N) is 1. The van der Waals surface area contributed by atoms with Crippen LogP contribution in [0.5, 0.6) is 0 Å². The molecule has 0 saturated carbocycles. The maximum absolute atomic E-state index is 12.2. The molecule has 1 fully saturated rings. The molecule has 0 unspecified atom stereocenters. The molecule has 2 heterocycles. The number of likely N-dealkylation sites (tertiary alicyclic amines) is 1.